The van der Waals surface area contributed by atoms with Crippen molar-refractivity contribution in [2.24, 2.45) is 7.05 Å². The molecule has 1 aromatic rings. The summed E-state index contributed by atoms with van der Waals surface area (Å²) in [7, 11) is 1.83. The maximum Gasteiger partial charge on any atom is 0.408 e. The number of rotatable bonds is 1. The molecule has 1 aromatic heterocycles. The lowest BCUT2D eigenvalue weighted by molar-refractivity contribution is 0.134. The molecule has 70 valence electrons. The number of nitrogens with one attached hydrogen (secondary N) is 1. The molecule has 0 saturated carbocycles. The fourth-order valence-corrected chi connectivity index (χ4v) is 1.46. The number of cyclic esters (lactones) is 1. The van der Waals surface area contributed by atoms with Gasteiger partial charge >= 0.3 is 6.09 Å². The zero-order chi connectivity index (χ0) is 9.42. The standard InChI is InChI=1S/C8H11N3O2/c1-5-7(13-8(12)10-5)6-3-9-11(2)4-6/h3-5,7H,1-2H3,(H,10,12)/t5-,7-/m0/s1. The summed E-state index contributed by atoms with van der Waals surface area (Å²) in [6.45, 7) is 1.91. The van der Waals surface area contributed by atoms with Crippen molar-refractivity contribution in [1.82, 2.24) is 15.1 Å². The number of aromatic nitrogens is 2. The van der Waals surface area contributed by atoms with Crippen LogP contribution in [0.1, 0.15) is 18.6 Å². The minimum absolute atomic E-state index is 0.0108. The number of hydrogen-bond acceptors (Lipinski definition) is 3. The van der Waals surface area contributed by atoms with Crippen molar-refractivity contribution in [2.75, 3.05) is 0 Å². The second-order valence-corrected chi connectivity index (χ2v) is 3.21. The molecule has 0 bridgehead atoms. The van der Waals surface area contributed by atoms with E-state index in [4.69, 9.17) is 4.74 Å². The van der Waals surface area contributed by atoms with Crippen LogP contribution in [0.15, 0.2) is 12.4 Å². The Morgan fingerprint density at radius 2 is 2.46 bits per heavy atom. The van der Waals surface area contributed by atoms with E-state index < -0.39 is 0 Å². The minimum Gasteiger partial charge on any atom is -0.439 e. The van der Waals surface area contributed by atoms with Gasteiger partial charge in [-0.05, 0) is 6.92 Å². The quantitative estimate of drug-likeness (QED) is 0.689. The summed E-state index contributed by atoms with van der Waals surface area (Å²) < 4.78 is 6.76. The molecule has 1 aliphatic heterocycles. The number of aryl methyl sites for hydroxylation is 1. The molecule has 1 saturated heterocycles. The summed E-state index contributed by atoms with van der Waals surface area (Å²) >= 11 is 0. The Morgan fingerprint density at radius 3 is 2.92 bits per heavy atom. The fraction of sp³-hybridized carbons (Fsp3) is 0.500. The summed E-state index contributed by atoms with van der Waals surface area (Å²) in [6.07, 6.45) is 2.99. The first-order chi connectivity index (χ1) is 6.16. The Hall–Kier alpha value is -1.52. The van der Waals surface area contributed by atoms with E-state index in [9.17, 15) is 4.79 Å². The van der Waals surface area contributed by atoms with Gasteiger partial charge < -0.3 is 10.1 Å². The van der Waals surface area contributed by atoms with Gasteiger partial charge in [0.05, 0.1) is 12.2 Å². The van der Waals surface area contributed by atoms with Crippen LogP contribution in [0.3, 0.4) is 0 Å². The van der Waals surface area contributed by atoms with Crippen LogP contribution in [0.5, 0.6) is 0 Å². The van der Waals surface area contributed by atoms with Gasteiger partial charge in [-0.1, -0.05) is 0 Å². The molecule has 1 amide bonds. The van der Waals surface area contributed by atoms with Crippen molar-refractivity contribution in [2.45, 2.75) is 19.1 Å². The summed E-state index contributed by atoms with van der Waals surface area (Å²) in [4.78, 5) is 10.9. The first-order valence-electron chi connectivity index (χ1n) is 4.12. The van der Waals surface area contributed by atoms with E-state index in [2.05, 4.69) is 10.4 Å². The predicted octanol–water partition coefficient (Wildman–Crippen LogP) is 0.589. The van der Waals surface area contributed by atoms with Gasteiger partial charge in [-0.15, -0.1) is 0 Å². The average Bonchev–Trinajstić information content (AvgIpc) is 2.58. The van der Waals surface area contributed by atoms with Gasteiger partial charge in [-0.25, -0.2) is 4.79 Å². The third kappa shape index (κ3) is 1.37. The molecule has 0 aliphatic carbocycles. The van der Waals surface area contributed by atoms with Crippen LogP contribution in [0, 0.1) is 0 Å². The van der Waals surface area contributed by atoms with Gasteiger partial charge in [0, 0.05) is 18.8 Å². The van der Waals surface area contributed by atoms with Gasteiger partial charge in [0.25, 0.3) is 0 Å². The molecule has 13 heavy (non-hydrogen) atoms. The van der Waals surface area contributed by atoms with E-state index in [0.29, 0.717) is 0 Å². The Labute approximate surface area is 75.7 Å². The molecule has 0 aromatic carbocycles. The van der Waals surface area contributed by atoms with E-state index in [-0.39, 0.29) is 18.2 Å². The molecule has 5 nitrogen and oxygen atoms in total. The molecule has 2 atom stereocenters. The summed E-state index contributed by atoms with van der Waals surface area (Å²) in [5.41, 5.74) is 0.924. The van der Waals surface area contributed by atoms with E-state index in [1.807, 2.05) is 20.2 Å². The number of nitrogens with zero attached hydrogens (tertiary/aromatic N) is 2. The number of carbonyl (C=O) groups is 1. The van der Waals surface area contributed by atoms with Crippen LogP contribution < -0.4 is 5.32 Å². The van der Waals surface area contributed by atoms with Gasteiger partial charge in [-0.2, -0.15) is 5.10 Å². The van der Waals surface area contributed by atoms with Crippen molar-refractivity contribution in [3.05, 3.63) is 18.0 Å². The van der Waals surface area contributed by atoms with Crippen LogP contribution in [0.25, 0.3) is 0 Å². The molecule has 0 spiro atoms. The number of alkyl carbamates (subject to hydrolysis) is 1. The highest BCUT2D eigenvalue weighted by atomic mass is 16.6. The average molecular weight is 181 g/mol. The molecule has 0 unspecified atom stereocenters. The maximum absolute atomic E-state index is 10.9. The third-order valence-corrected chi connectivity index (χ3v) is 2.09. The highest BCUT2D eigenvalue weighted by Crippen LogP contribution is 2.25. The van der Waals surface area contributed by atoms with Crippen molar-refractivity contribution in [1.29, 1.82) is 0 Å². The second-order valence-electron chi connectivity index (χ2n) is 3.21. The first-order valence-corrected chi connectivity index (χ1v) is 4.12. The van der Waals surface area contributed by atoms with Gasteiger partial charge in [0.1, 0.15) is 0 Å². The second kappa shape index (κ2) is 2.76. The zero-order valence-electron chi connectivity index (χ0n) is 7.52. The molecule has 0 radical (unpaired) electrons. The minimum atomic E-state index is -0.360. The Morgan fingerprint density at radius 1 is 1.69 bits per heavy atom. The van der Waals surface area contributed by atoms with Gasteiger partial charge in [0.2, 0.25) is 0 Å². The summed E-state index contributed by atoms with van der Waals surface area (Å²) in [5, 5.41) is 6.69. The van der Waals surface area contributed by atoms with Gasteiger partial charge in [0.15, 0.2) is 6.10 Å². The van der Waals surface area contributed by atoms with E-state index >= 15 is 0 Å². The number of ether oxygens (including phenoxy) is 1. The smallest absolute Gasteiger partial charge is 0.408 e. The molecular formula is C8H11N3O2. The molecule has 1 aliphatic rings. The van der Waals surface area contributed by atoms with Crippen LogP contribution >= 0.6 is 0 Å². The van der Waals surface area contributed by atoms with Crippen molar-refractivity contribution in [3.8, 4) is 0 Å². The maximum atomic E-state index is 10.9. The van der Waals surface area contributed by atoms with E-state index in [1.165, 1.54) is 0 Å². The number of amides is 1. The Bertz CT molecular complexity index is 334. The van der Waals surface area contributed by atoms with Crippen molar-refractivity contribution < 1.29 is 9.53 Å². The van der Waals surface area contributed by atoms with Crippen molar-refractivity contribution >= 4 is 6.09 Å². The lowest BCUT2D eigenvalue weighted by atomic mass is 10.1. The molecule has 2 heterocycles. The van der Waals surface area contributed by atoms with Crippen LogP contribution in [0.4, 0.5) is 4.79 Å². The lowest BCUT2D eigenvalue weighted by Crippen LogP contribution is -2.23. The van der Waals surface area contributed by atoms with Crippen LogP contribution in [-0.4, -0.2) is 21.9 Å². The highest BCUT2D eigenvalue weighted by molar-refractivity contribution is 5.70. The van der Waals surface area contributed by atoms with Crippen molar-refractivity contribution in [3.63, 3.8) is 0 Å². The molecule has 2 rings (SSSR count). The molecule has 1 fully saturated rings. The predicted molar refractivity (Wildman–Crippen MR) is 45.0 cm³/mol. The first kappa shape index (κ1) is 8.10. The van der Waals surface area contributed by atoms with E-state index in [1.54, 1.807) is 10.9 Å². The number of carbonyl (C=O) groups excluding carboxylic acids is 1. The lowest BCUT2D eigenvalue weighted by Gasteiger charge is -2.09. The Kier molecular flexibility index (Phi) is 1.72. The summed E-state index contributed by atoms with van der Waals surface area (Å²) in [5.74, 6) is 0. The highest BCUT2D eigenvalue weighted by Gasteiger charge is 2.32. The zero-order valence-corrected chi connectivity index (χ0v) is 7.52. The van der Waals surface area contributed by atoms with Gasteiger partial charge in [-0.3, -0.25) is 4.68 Å². The molecular weight excluding hydrogens is 170 g/mol. The SMILES string of the molecule is C[C@@H]1NC(=O)O[C@@H]1c1cnn(C)c1. The largest absolute Gasteiger partial charge is 0.439 e. The monoisotopic (exact) mass is 181 g/mol. The molecule has 5 heteroatoms. The van der Waals surface area contributed by atoms with Crippen LogP contribution in [0.2, 0.25) is 0 Å². The topological polar surface area (TPSA) is 56.1 Å². The summed E-state index contributed by atoms with van der Waals surface area (Å²) in [6, 6.07) is 0.0108. The van der Waals surface area contributed by atoms with Crippen LogP contribution in [-0.2, 0) is 11.8 Å². The fourth-order valence-electron chi connectivity index (χ4n) is 1.46. The normalized spacial score (nSPS) is 27.1. The van der Waals surface area contributed by atoms with E-state index in [0.717, 1.165) is 5.56 Å². The molecule has 1 N–H and O–H groups in total. The third-order valence-electron chi connectivity index (χ3n) is 2.09. The number of hydrogen-bond donors (Lipinski definition) is 1. The Balaban J connectivity index is 2.22.